The Morgan fingerprint density at radius 1 is 1.12 bits per heavy atom. The van der Waals surface area contributed by atoms with Gasteiger partial charge in [-0.3, -0.25) is 0 Å². The molecular weight excluding hydrogens is 236 g/mol. The van der Waals surface area contributed by atoms with Gasteiger partial charge in [0, 0.05) is 19.1 Å². The van der Waals surface area contributed by atoms with Gasteiger partial charge in [0.05, 0.1) is 5.25 Å². The predicted octanol–water partition coefficient (Wildman–Crippen LogP) is 1.33. The van der Waals surface area contributed by atoms with Gasteiger partial charge in [-0.2, -0.15) is 0 Å². The summed E-state index contributed by atoms with van der Waals surface area (Å²) in [5.41, 5.74) is 0. The van der Waals surface area contributed by atoms with Crippen LogP contribution >= 0.6 is 0 Å². The second kappa shape index (κ2) is 5.24. The molecule has 0 saturated heterocycles. The van der Waals surface area contributed by atoms with E-state index in [1.807, 2.05) is 0 Å². The Kier molecular flexibility index (Phi) is 4.10. The summed E-state index contributed by atoms with van der Waals surface area (Å²) in [4.78, 5) is 0. The summed E-state index contributed by atoms with van der Waals surface area (Å²) in [5.74, 6) is 0. The molecule has 2 saturated carbocycles. The number of sulfonamides is 1. The first-order chi connectivity index (χ1) is 8.05. The van der Waals surface area contributed by atoms with Gasteiger partial charge in [-0.15, -0.1) is 0 Å². The van der Waals surface area contributed by atoms with Crippen LogP contribution in [-0.4, -0.2) is 43.6 Å². The van der Waals surface area contributed by atoms with E-state index in [0.717, 1.165) is 45.1 Å². The van der Waals surface area contributed by atoms with E-state index < -0.39 is 10.0 Å². The molecule has 0 spiro atoms. The van der Waals surface area contributed by atoms with Crippen LogP contribution in [0.5, 0.6) is 0 Å². The minimum absolute atomic E-state index is 0.0704. The number of nitrogens with zero attached hydrogens (tertiary/aromatic N) is 1. The van der Waals surface area contributed by atoms with Crippen LogP contribution in [0.2, 0.25) is 0 Å². The molecule has 5 heteroatoms. The fraction of sp³-hybridized carbons (Fsp3) is 1.00. The molecule has 4 nitrogen and oxygen atoms in total. The molecule has 0 aliphatic heterocycles. The molecule has 0 aromatic rings. The molecule has 0 bridgehead atoms. The first kappa shape index (κ1) is 13.3. The predicted molar refractivity (Wildman–Crippen MR) is 69.4 cm³/mol. The van der Waals surface area contributed by atoms with E-state index in [1.165, 1.54) is 0 Å². The minimum Gasteiger partial charge on any atom is -0.314 e. The van der Waals surface area contributed by atoms with Crippen LogP contribution in [0.1, 0.15) is 45.4 Å². The summed E-state index contributed by atoms with van der Waals surface area (Å²) in [7, 11) is -1.21. The molecule has 2 rings (SSSR count). The molecule has 0 amide bonds. The summed E-state index contributed by atoms with van der Waals surface area (Å²) in [6.45, 7) is 3.13. The number of hydrogen-bond acceptors (Lipinski definition) is 3. The van der Waals surface area contributed by atoms with E-state index >= 15 is 0 Å². The van der Waals surface area contributed by atoms with Crippen LogP contribution in [0.4, 0.5) is 0 Å². The van der Waals surface area contributed by atoms with Crippen LogP contribution in [0.3, 0.4) is 0 Å². The van der Waals surface area contributed by atoms with Gasteiger partial charge in [-0.25, -0.2) is 12.7 Å². The lowest BCUT2D eigenvalue weighted by Gasteiger charge is -2.34. The Labute approximate surface area is 105 Å². The quantitative estimate of drug-likeness (QED) is 0.811. The molecule has 0 unspecified atom stereocenters. The Morgan fingerprint density at radius 3 is 2.18 bits per heavy atom. The zero-order chi connectivity index (χ0) is 12.5. The molecule has 1 N–H and O–H groups in total. The van der Waals surface area contributed by atoms with Crippen molar-refractivity contribution in [3.8, 4) is 0 Å². The Morgan fingerprint density at radius 2 is 1.71 bits per heavy atom. The molecule has 100 valence electrons. The van der Waals surface area contributed by atoms with Crippen LogP contribution in [-0.2, 0) is 10.0 Å². The van der Waals surface area contributed by atoms with Gasteiger partial charge in [-0.1, -0.05) is 6.92 Å². The van der Waals surface area contributed by atoms with Crippen molar-refractivity contribution in [1.82, 2.24) is 9.62 Å². The van der Waals surface area contributed by atoms with Crippen molar-refractivity contribution in [3.63, 3.8) is 0 Å². The minimum atomic E-state index is -2.98. The Balaban J connectivity index is 1.88. The van der Waals surface area contributed by atoms with E-state index in [2.05, 4.69) is 12.2 Å². The first-order valence-corrected chi connectivity index (χ1v) is 8.26. The summed E-state index contributed by atoms with van der Waals surface area (Å²) >= 11 is 0. The van der Waals surface area contributed by atoms with Crippen LogP contribution < -0.4 is 5.32 Å². The van der Waals surface area contributed by atoms with Gasteiger partial charge in [-0.05, 0) is 45.1 Å². The standard InChI is InChI=1S/C12H24N2O2S/c1-3-13-10-4-6-11(7-5-10)14(2)17(15,16)12-8-9-12/h10-13H,3-9H2,1-2H3. The number of rotatable bonds is 5. The van der Waals surface area contributed by atoms with Crippen molar-refractivity contribution in [3.05, 3.63) is 0 Å². The van der Waals surface area contributed by atoms with E-state index in [1.54, 1.807) is 11.4 Å². The SMILES string of the molecule is CCNC1CCC(N(C)S(=O)(=O)C2CC2)CC1. The zero-order valence-electron chi connectivity index (χ0n) is 10.9. The van der Waals surface area contributed by atoms with E-state index in [-0.39, 0.29) is 11.3 Å². The van der Waals surface area contributed by atoms with Crippen molar-refractivity contribution < 1.29 is 8.42 Å². The maximum atomic E-state index is 12.1. The van der Waals surface area contributed by atoms with Crippen LogP contribution in [0, 0.1) is 0 Å². The highest BCUT2D eigenvalue weighted by Crippen LogP contribution is 2.33. The summed E-state index contributed by atoms with van der Waals surface area (Å²) < 4.78 is 25.9. The first-order valence-electron chi connectivity index (χ1n) is 6.76. The molecule has 0 aromatic heterocycles. The lowest BCUT2D eigenvalue weighted by molar-refractivity contribution is 0.251. The van der Waals surface area contributed by atoms with Gasteiger partial charge in [0.2, 0.25) is 10.0 Å². The number of nitrogens with one attached hydrogen (secondary N) is 1. The van der Waals surface area contributed by atoms with Crippen molar-refractivity contribution in [2.24, 2.45) is 0 Å². The highest BCUT2D eigenvalue weighted by Gasteiger charge is 2.41. The molecule has 0 aromatic carbocycles. The molecule has 17 heavy (non-hydrogen) atoms. The largest absolute Gasteiger partial charge is 0.314 e. The van der Waals surface area contributed by atoms with Crippen LogP contribution in [0.25, 0.3) is 0 Å². The third-order valence-corrected chi connectivity index (χ3v) is 6.47. The average Bonchev–Trinajstić information content (AvgIpc) is 3.13. The molecule has 2 fully saturated rings. The Bertz CT molecular complexity index is 344. The third-order valence-electron chi connectivity index (χ3n) is 4.05. The third kappa shape index (κ3) is 3.01. The summed E-state index contributed by atoms with van der Waals surface area (Å²) in [6.07, 6.45) is 5.92. The molecule has 0 heterocycles. The second-order valence-electron chi connectivity index (χ2n) is 5.32. The van der Waals surface area contributed by atoms with Gasteiger partial charge < -0.3 is 5.32 Å². The Hall–Kier alpha value is -0.130. The lowest BCUT2D eigenvalue weighted by Crippen LogP contribution is -2.44. The van der Waals surface area contributed by atoms with Crippen LogP contribution in [0.15, 0.2) is 0 Å². The van der Waals surface area contributed by atoms with E-state index in [9.17, 15) is 8.42 Å². The smallest absolute Gasteiger partial charge is 0.216 e. The monoisotopic (exact) mass is 260 g/mol. The zero-order valence-corrected chi connectivity index (χ0v) is 11.7. The molecular formula is C12H24N2O2S. The fourth-order valence-corrected chi connectivity index (χ4v) is 4.57. The fourth-order valence-electron chi connectivity index (χ4n) is 2.74. The highest BCUT2D eigenvalue weighted by atomic mass is 32.2. The van der Waals surface area contributed by atoms with Crippen molar-refractivity contribution >= 4 is 10.0 Å². The average molecular weight is 260 g/mol. The summed E-state index contributed by atoms with van der Waals surface area (Å²) in [6, 6.07) is 0.823. The van der Waals surface area contributed by atoms with Crippen molar-refractivity contribution in [1.29, 1.82) is 0 Å². The van der Waals surface area contributed by atoms with E-state index in [4.69, 9.17) is 0 Å². The summed E-state index contributed by atoms with van der Waals surface area (Å²) in [5, 5.41) is 3.38. The van der Waals surface area contributed by atoms with Gasteiger partial charge in [0.1, 0.15) is 0 Å². The maximum absolute atomic E-state index is 12.1. The maximum Gasteiger partial charge on any atom is 0.216 e. The van der Waals surface area contributed by atoms with Crippen molar-refractivity contribution in [2.45, 2.75) is 62.8 Å². The van der Waals surface area contributed by atoms with Gasteiger partial charge in [0.25, 0.3) is 0 Å². The molecule has 2 aliphatic rings. The van der Waals surface area contributed by atoms with Gasteiger partial charge in [0.15, 0.2) is 0 Å². The van der Waals surface area contributed by atoms with E-state index in [0.29, 0.717) is 6.04 Å². The second-order valence-corrected chi connectivity index (χ2v) is 7.60. The van der Waals surface area contributed by atoms with Gasteiger partial charge >= 0.3 is 0 Å². The highest BCUT2D eigenvalue weighted by molar-refractivity contribution is 7.90. The number of hydrogen-bond donors (Lipinski definition) is 1. The normalized spacial score (nSPS) is 30.8. The molecule has 2 aliphatic carbocycles. The molecule has 0 atom stereocenters. The van der Waals surface area contributed by atoms with Crippen molar-refractivity contribution in [2.75, 3.05) is 13.6 Å². The topological polar surface area (TPSA) is 49.4 Å². The molecule has 0 radical (unpaired) electrons. The lowest BCUT2D eigenvalue weighted by atomic mass is 9.91.